The number of aryl methyl sites for hydroxylation is 1. The third-order valence-electron chi connectivity index (χ3n) is 7.41. The molecule has 0 aliphatic heterocycles. The van der Waals surface area contributed by atoms with Crippen molar-refractivity contribution >= 4 is 33.1 Å². The molecule has 3 heterocycles. The number of aromatic nitrogens is 6. The summed E-state index contributed by atoms with van der Waals surface area (Å²) in [6, 6.07) is 15.4. The van der Waals surface area contributed by atoms with Gasteiger partial charge in [0.2, 0.25) is 0 Å². The second-order valence-electron chi connectivity index (χ2n) is 12.0. The number of hydrogen-bond donors (Lipinski definition) is 2. The molecule has 11 nitrogen and oxygen atoms in total. The zero-order valence-corrected chi connectivity index (χ0v) is 23.9. The summed E-state index contributed by atoms with van der Waals surface area (Å²) in [6.45, 7) is 6.86. The van der Waals surface area contributed by atoms with E-state index in [1.54, 1.807) is 23.9 Å². The van der Waals surface area contributed by atoms with Gasteiger partial charge in [0.1, 0.15) is 23.3 Å². The van der Waals surface area contributed by atoms with Crippen LogP contribution < -0.4 is 16.2 Å². The van der Waals surface area contributed by atoms with Gasteiger partial charge in [-0.15, -0.1) is 15.3 Å². The summed E-state index contributed by atoms with van der Waals surface area (Å²) in [7, 11) is 1.73. The van der Waals surface area contributed by atoms with E-state index >= 15 is 0 Å². The predicted molar refractivity (Wildman–Crippen MR) is 160 cm³/mol. The van der Waals surface area contributed by atoms with E-state index in [4.69, 9.17) is 0 Å². The van der Waals surface area contributed by atoms with Crippen LogP contribution in [0.15, 0.2) is 53.6 Å². The summed E-state index contributed by atoms with van der Waals surface area (Å²) in [4.78, 5) is 13.0. The van der Waals surface area contributed by atoms with Gasteiger partial charge < -0.3 is 15.2 Å². The average Bonchev–Trinajstić information content (AvgIpc) is 3.71. The Bertz CT molecular complexity index is 1980. The molecule has 1 aliphatic carbocycles. The highest BCUT2D eigenvalue weighted by molar-refractivity contribution is 5.98. The number of nitriles is 2. The first-order valence-corrected chi connectivity index (χ1v) is 13.8. The smallest absolute Gasteiger partial charge is 0.258 e. The van der Waals surface area contributed by atoms with Crippen molar-refractivity contribution in [3.05, 3.63) is 81.7 Å². The fraction of sp³-hybridized carbons (Fsp3) is 0.323. The largest absolute Gasteiger partial charge is 0.382 e. The van der Waals surface area contributed by atoms with Gasteiger partial charge >= 0.3 is 0 Å². The van der Waals surface area contributed by atoms with Gasteiger partial charge in [0, 0.05) is 36.2 Å². The topological polar surface area (TPSA) is 150 Å². The molecular weight excluding hydrogens is 528 g/mol. The van der Waals surface area contributed by atoms with E-state index in [9.17, 15) is 15.3 Å². The van der Waals surface area contributed by atoms with E-state index in [1.807, 2.05) is 41.2 Å². The normalized spacial score (nSPS) is 14.0. The van der Waals surface area contributed by atoms with Crippen LogP contribution in [0.4, 0.5) is 11.4 Å². The highest BCUT2D eigenvalue weighted by Gasteiger charge is 2.28. The minimum absolute atomic E-state index is 0.0693. The van der Waals surface area contributed by atoms with Gasteiger partial charge in [-0.1, -0.05) is 38.1 Å². The Kier molecular flexibility index (Phi) is 6.58. The zero-order valence-electron chi connectivity index (χ0n) is 23.9. The van der Waals surface area contributed by atoms with E-state index in [0.29, 0.717) is 51.5 Å². The lowest BCUT2D eigenvalue weighted by molar-refractivity contribution is 0.443. The van der Waals surface area contributed by atoms with E-state index < -0.39 is 6.04 Å². The maximum atomic E-state index is 13.0. The van der Waals surface area contributed by atoms with Gasteiger partial charge in [-0.3, -0.25) is 4.79 Å². The molecule has 0 bridgehead atoms. The van der Waals surface area contributed by atoms with E-state index in [1.165, 1.54) is 0 Å². The van der Waals surface area contributed by atoms with Crippen LogP contribution in [0.3, 0.4) is 0 Å². The second-order valence-corrected chi connectivity index (χ2v) is 12.0. The molecule has 0 saturated heterocycles. The SMILES string of the molecule is Cn1ccc2c([C@H](Nc3cc(C#N)c4nnc(C#N)c(NCC(C)(C)C)c4c3)c3cn(C4CC4)nn3)cccc2c1=O. The quantitative estimate of drug-likeness (QED) is 0.287. The highest BCUT2D eigenvalue weighted by Crippen LogP contribution is 2.37. The van der Waals surface area contributed by atoms with Crippen molar-refractivity contribution in [2.45, 2.75) is 45.7 Å². The number of rotatable bonds is 7. The molecule has 0 radical (unpaired) electrons. The third-order valence-corrected chi connectivity index (χ3v) is 7.41. The molecule has 210 valence electrons. The summed E-state index contributed by atoms with van der Waals surface area (Å²) >= 11 is 0. The van der Waals surface area contributed by atoms with Crippen LogP contribution in [-0.4, -0.2) is 36.3 Å². The molecule has 1 fully saturated rings. The molecule has 1 aliphatic rings. The van der Waals surface area contributed by atoms with E-state index in [2.05, 4.69) is 64.1 Å². The number of nitrogens with zero attached hydrogens (tertiary/aromatic N) is 8. The lowest BCUT2D eigenvalue weighted by atomic mass is 9.96. The summed E-state index contributed by atoms with van der Waals surface area (Å²) in [5.74, 6) is 0. The van der Waals surface area contributed by atoms with Gasteiger partial charge in [-0.25, -0.2) is 4.68 Å². The Morgan fingerprint density at radius 1 is 1.05 bits per heavy atom. The Morgan fingerprint density at radius 2 is 1.86 bits per heavy atom. The van der Waals surface area contributed by atoms with Crippen LogP contribution in [-0.2, 0) is 7.05 Å². The van der Waals surface area contributed by atoms with Gasteiger partial charge in [0.15, 0.2) is 5.69 Å². The number of pyridine rings is 1. The lowest BCUT2D eigenvalue weighted by Gasteiger charge is -2.22. The van der Waals surface area contributed by atoms with Crippen LogP contribution in [0.2, 0.25) is 0 Å². The van der Waals surface area contributed by atoms with Gasteiger partial charge in [-0.2, -0.15) is 10.5 Å². The van der Waals surface area contributed by atoms with E-state index in [-0.39, 0.29) is 16.7 Å². The van der Waals surface area contributed by atoms with Crippen LogP contribution >= 0.6 is 0 Å². The fourth-order valence-corrected chi connectivity index (χ4v) is 5.06. The zero-order chi connectivity index (χ0) is 29.6. The van der Waals surface area contributed by atoms with E-state index in [0.717, 1.165) is 23.8 Å². The monoisotopic (exact) mass is 558 g/mol. The lowest BCUT2D eigenvalue weighted by Crippen LogP contribution is -2.20. The van der Waals surface area contributed by atoms with Crippen LogP contribution in [0, 0.1) is 28.1 Å². The first kappa shape index (κ1) is 26.9. The predicted octanol–water partition coefficient (Wildman–Crippen LogP) is 4.81. The van der Waals surface area contributed by atoms with Crippen molar-refractivity contribution in [1.29, 1.82) is 10.5 Å². The number of hydrogen-bond acceptors (Lipinski definition) is 9. The number of benzene rings is 2. The molecule has 11 heteroatoms. The molecular formula is C31H30N10O. The molecule has 0 unspecified atom stereocenters. The van der Waals surface area contributed by atoms with Crippen molar-refractivity contribution in [1.82, 2.24) is 29.8 Å². The summed E-state index contributed by atoms with van der Waals surface area (Å²) in [6.07, 6.45) is 5.82. The molecule has 5 aromatic rings. The summed E-state index contributed by atoms with van der Waals surface area (Å²) < 4.78 is 3.44. The van der Waals surface area contributed by atoms with Crippen molar-refractivity contribution < 1.29 is 0 Å². The highest BCUT2D eigenvalue weighted by atomic mass is 16.1. The Labute approximate surface area is 242 Å². The van der Waals surface area contributed by atoms with Crippen molar-refractivity contribution in [3.8, 4) is 12.1 Å². The van der Waals surface area contributed by atoms with Crippen molar-refractivity contribution in [2.24, 2.45) is 12.5 Å². The Hall–Kier alpha value is -5.29. The van der Waals surface area contributed by atoms with Gasteiger partial charge in [0.25, 0.3) is 5.56 Å². The molecule has 1 atom stereocenters. The van der Waals surface area contributed by atoms with Gasteiger partial charge in [-0.05, 0) is 53.5 Å². The van der Waals surface area contributed by atoms with Crippen LogP contribution in [0.1, 0.15) is 68.2 Å². The van der Waals surface area contributed by atoms with Crippen molar-refractivity contribution in [2.75, 3.05) is 17.2 Å². The molecule has 2 aromatic carbocycles. The average molecular weight is 559 g/mol. The molecule has 42 heavy (non-hydrogen) atoms. The summed E-state index contributed by atoms with van der Waals surface area (Å²) in [5, 5.41) is 46.1. The number of nitrogens with one attached hydrogen (secondary N) is 2. The Morgan fingerprint density at radius 3 is 2.57 bits per heavy atom. The second kappa shape index (κ2) is 10.3. The standard InChI is InChI=1S/C31H30N10O/c1-31(2,3)17-34-28-24-13-19(12-18(14-32)27(24)38-36-25(28)15-33)35-29(26-16-41(39-37-26)20-8-9-20)22-6-5-7-23-21(22)10-11-40(4)30(23)42/h5-7,10-13,16,20,29,35H,8-9,17H2,1-4H3,(H,34,38)/t29-/m0/s1. The van der Waals surface area contributed by atoms with Crippen molar-refractivity contribution in [3.63, 3.8) is 0 Å². The minimum atomic E-state index is -0.492. The minimum Gasteiger partial charge on any atom is -0.382 e. The fourth-order valence-electron chi connectivity index (χ4n) is 5.06. The Balaban J connectivity index is 1.52. The first-order chi connectivity index (χ1) is 20.2. The maximum absolute atomic E-state index is 13.0. The number of anilines is 2. The number of fused-ring (bicyclic) bond motifs is 2. The molecule has 2 N–H and O–H groups in total. The van der Waals surface area contributed by atoms with Gasteiger partial charge in [0.05, 0.1) is 29.5 Å². The first-order valence-electron chi connectivity index (χ1n) is 13.8. The van der Waals surface area contributed by atoms with Crippen LogP contribution in [0.5, 0.6) is 0 Å². The van der Waals surface area contributed by atoms with Crippen LogP contribution in [0.25, 0.3) is 21.7 Å². The molecule has 0 amide bonds. The molecule has 0 spiro atoms. The maximum Gasteiger partial charge on any atom is 0.258 e. The molecule has 6 rings (SSSR count). The molecule has 3 aromatic heterocycles. The molecule has 1 saturated carbocycles. The summed E-state index contributed by atoms with van der Waals surface area (Å²) in [5.41, 5.74) is 3.41. The third kappa shape index (κ3) is 5.01.